The molecule has 0 spiro atoms. The van der Waals surface area contributed by atoms with Gasteiger partial charge in [0.1, 0.15) is 12.1 Å². The summed E-state index contributed by atoms with van der Waals surface area (Å²) in [6.07, 6.45) is 3.45. The van der Waals surface area contributed by atoms with Gasteiger partial charge < -0.3 is 4.57 Å². The molecule has 0 aliphatic carbocycles. The van der Waals surface area contributed by atoms with Gasteiger partial charge in [-0.05, 0) is 43.6 Å². The number of aldehydes is 1. The zero-order valence-electron chi connectivity index (χ0n) is 13.7. The van der Waals surface area contributed by atoms with Crippen LogP contribution >= 0.6 is 0 Å². The van der Waals surface area contributed by atoms with Gasteiger partial charge in [0.2, 0.25) is 0 Å². The Morgan fingerprint density at radius 3 is 2.46 bits per heavy atom. The van der Waals surface area contributed by atoms with Crippen molar-refractivity contribution in [3.05, 3.63) is 65.5 Å². The minimum Gasteiger partial charge on any atom is -0.322 e. The molecule has 0 unspecified atom stereocenters. The summed E-state index contributed by atoms with van der Waals surface area (Å²) in [5, 5.41) is 0. The molecule has 1 fully saturated rings. The lowest BCUT2D eigenvalue weighted by molar-refractivity contribution is 0.112. The number of rotatable bonds is 5. The maximum absolute atomic E-state index is 10.8. The first-order chi connectivity index (χ1) is 11.8. The van der Waals surface area contributed by atoms with Crippen LogP contribution in [0.1, 0.15) is 34.6 Å². The van der Waals surface area contributed by atoms with Gasteiger partial charge in [-0.15, -0.1) is 0 Å². The molecule has 0 atom stereocenters. The van der Waals surface area contributed by atoms with Crippen LogP contribution in [0.5, 0.6) is 0 Å². The molecule has 2 aromatic carbocycles. The number of hydrogen-bond acceptors (Lipinski definition) is 3. The molecule has 3 aromatic rings. The fraction of sp³-hybridized carbons (Fsp3) is 0.300. The largest absolute Gasteiger partial charge is 0.322 e. The van der Waals surface area contributed by atoms with Crippen LogP contribution in [0.25, 0.3) is 11.0 Å². The van der Waals surface area contributed by atoms with E-state index in [1.165, 1.54) is 23.9 Å². The number of hydrogen-bond donors (Lipinski definition) is 0. The lowest BCUT2D eigenvalue weighted by Crippen LogP contribution is -2.21. The molecule has 0 saturated carbocycles. The standard InChI is InChI=1S/C20H21N3O/c24-15-17-9-7-16(8-10-17)13-23-19-6-2-1-5-18(19)21-20(23)14-22-11-3-4-12-22/h1-2,5-10,15H,3-4,11-14H2. The van der Waals surface area contributed by atoms with Gasteiger partial charge >= 0.3 is 0 Å². The van der Waals surface area contributed by atoms with Gasteiger partial charge in [0, 0.05) is 12.1 Å². The first kappa shape index (κ1) is 15.1. The molecule has 4 nitrogen and oxygen atoms in total. The van der Waals surface area contributed by atoms with Crippen LogP contribution in [-0.4, -0.2) is 33.8 Å². The van der Waals surface area contributed by atoms with Crippen LogP contribution in [0, 0.1) is 0 Å². The Labute approximate surface area is 141 Å². The van der Waals surface area contributed by atoms with Gasteiger partial charge in [0.25, 0.3) is 0 Å². The van der Waals surface area contributed by atoms with Crippen LogP contribution in [0.4, 0.5) is 0 Å². The molecular weight excluding hydrogens is 298 g/mol. The van der Waals surface area contributed by atoms with E-state index in [-0.39, 0.29) is 0 Å². The van der Waals surface area contributed by atoms with Gasteiger partial charge in [-0.2, -0.15) is 0 Å². The molecule has 0 amide bonds. The van der Waals surface area contributed by atoms with Crippen molar-refractivity contribution in [3.63, 3.8) is 0 Å². The maximum Gasteiger partial charge on any atom is 0.150 e. The smallest absolute Gasteiger partial charge is 0.150 e. The molecule has 0 bridgehead atoms. The highest BCUT2D eigenvalue weighted by Crippen LogP contribution is 2.21. The predicted octanol–water partition coefficient (Wildman–Crippen LogP) is 3.49. The minimum absolute atomic E-state index is 0.714. The third kappa shape index (κ3) is 2.97. The summed E-state index contributed by atoms with van der Waals surface area (Å²) in [7, 11) is 0. The van der Waals surface area contributed by atoms with E-state index in [0.717, 1.165) is 43.8 Å². The molecule has 4 rings (SSSR count). The van der Waals surface area contributed by atoms with E-state index in [4.69, 9.17) is 4.98 Å². The summed E-state index contributed by atoms with van der Waals surface area (Å²) >= 11 is 0. The Hall–Kier alpha value is -2.46. The SMILES string of the molecule is O=Cc1ccc(Cn2c(CN3CCCC3)nc3ccccc32)cc1. The number of aromatic nitrogens is 2. The summed E-state index contributed by atoms with van der Waals surface area (Å²) in [5.74, 6) is 1.12. The van der Waals surface area contributed by atoms with Crippen molar-refractivity contribution in [2.45, 2.75) is 25.9 Å². The number of likely N-dealkylation sites (tertiary alicyclic amines) is 1. The second-order valence-electron chi connectivity index (χ2n) is 6.45. The first-order valence-corrected chi connectivity index (χ1v) is 8.54. The zero-order valence-corrected chi connectivity index (χ0v) is 13.7. The molecule has 1 saturated heterocycles. The average Bonchev–Trinajstić information content (AvgIpc) is 3.25. The number of benzene rings is 2. The fourth-order valence-corrected chi connectivity index (χ4v) is 3.45. The maximum atomic E-state index is 10.8. The third-order valence-corrected chi connectivity index (χ3v) is 4.75. The first-order valence-electron chi connectivity index (χ1n) is 8.54. The van der Waals surface area contributed by atoms with Crippen molar-refractivity contribution in [2.75, 3.05) is 13.1 Å². The van der Waals surface area contributed by atoms with E-state index in [2.05, 4.69) is 27.7 Å². The Morgan fingerprint density at radius 2 is 1.71 bits per heavy atom. The molecule has 2 heterocycles. The number of carbonyl (C=O) groups is 1. The second-order valence-corrected chi connectivity index (χ2v) is 6.45. The second kappa shape index (κ2) is 6.57. The number of para-hydroxylation sites is 2. The summed E-state index contributed by atoms with van der Waals surface area (Å²) in [4.78, 5) is 18.2. The predicted molar refractivity (Wildman–Crippen MR) is 95.2 cm³/mol. The van der Waals surface area contributed by atoms with Gasteiger partial charge in [-0.3, -0.25) is 9.69 Å². The molecule has 0 N–H and O–H groups in total. The summed E-state index contributed by atoms with van der Waals surface area (Å²) < 4.78 is 2.31. The van der Waals surface area contributed by atoms with Crippen molar-refractivity contribution in [1.29, 1.82) is 0 Å². The molecule has 1 aliphatic heterocycles. The Morgan fingerprint density at radius 1 is 0.958 bits per heavy atom. The summed E-state index contributed by atoms with van der Waals surface area (Å²) in [6, 6.07) is 16.1. The topological polar surface area (TPSA) is 38.1 Å². The van der Waals surface area contributed by atoms with E-state index < -0.39 is 0 Å². The summed E-state index contributed by atoms with van der Waals surface area (Å²) in [6.45, 7) is 4.01. The van der Waals surface area contributed by atoms with Gasteiger partial charge in [0.15, 0.2) is 0 Å². The molecule has 1 aliphatic rings. The van der Waals surface area contributed by atoms with Crippen molar-refractivity contribution >= 4 is 17.3 Å². The monoisotopic (exact) mass is 319 g/mol. The van der Waals surface area contributed by atoms with Crippen LogP contribution < -0.4 is 0 Å². The van der Waals surface area contributed by atoms with E-state index in [9.17, 15) is 4.79 Å². The fourth-order valence-electron chi connectivity index (χ4n) is 3.45. The van der Waals surface area contributed by atoms with Crippen LogP contribution in [0.3, 0.4) is 0 Å². The lowest BCUT2D eigenvalue weighted by Gasteiger charge is -2.16. The Balaban J connectivity index is 1.69. The summed E-state index contributed by atoms with van der Waals surface area (Å²) in [5.41, 5.74) is 4.13. The Kier molecular flexibility index (Phi) is 4.13. The van der Waals surface area contributed by atoms with E-state index in [1.807, 2.05) is 30.3 Å². The van der Waals surface area contributed by atoms with Crippen LogP contribution in [0.15, 0.2) is 48.5 Å². The molecule has 4 heteroatoms. The van der Waals surface area contributed by atoms with Crippen molar-refractivity contribution in [3.8, 4) is 0 Å². The number of fused-ring (bicyclic) bond motifs is 1. The van der Waals surface area contributed by atoms with Crippen molar-refractivity contribution in [1.82, 2.24) is 14.5 Å². The number of carbonyl (C=O) groups excluding carboxylic acids is 1. The van der Waals surface area contributed by atoms with E-state index in [0.29, 0.717) is 5.56 Å². The highest BCUT2D eigenvalue weighted by atomic mass is 16.1. The van der Waals surface area contributed by atoms with Gasteiger partial charge in [-0.1, -0.05) is 36.4 Å². The van der Waals surface area contributed by atoms with Crippen molar-refractivity contribution in [2.24, 2.45) is 0 Å². The lowest BCUT2D eigenvalue weighted by atomic mass is 10.1. The van der Waals surface area contributed by atoms with Crippen molar-refractivity contribution < 1.29 is 4.79 Å². The molecule has 1 aromatic heterocycles. The number of imidazole rings is 1. The molecular formula is C20H21N3O. The van der Waals surface area contributed by atoms with Crippen LogP contribution in [-0.2, 0) is 13.1 Å². The quantitative estimate of drug-likeness (QED) is 0.676. The Bertz CT molecular complexity index is 845. The van der Waals surface area contributed by atoms with Crippen LogP contribution in [0.2, 0.25) is 0 Å². The molecule has 122 valence electrons. The zero-order chi connectivity index (χ0) is 16.4. The third-order valence-electron chi connectivity index (χ3n) is 4.75. The molecule has 24 heavy (non-hydrogen) atoms. The van der Waals surface area contributed by atoms with E-state index in [1.54, 1.807) is 0 Å². The minimum atomic E-state index is 0.714. The van der Waals surface area contributed by atoms with E-state index >= 15 is 0 Å². The highest BCUT2D eigenvalue weighted by molar-refractivity contribution is 5.76. The van der Waals surface area contributed by atoms with Gasteiger partial charge in [-0.25, -0.2) is 4.98 Å². The highest BCUT2D eigenvalue weighted by Gasteiger charge is 2.17. The average molecular weight is 319 g/mol. The number of nitrogens with zero attached hydrogens (tertiary/aromatic N) is 3. The van der Waals surface area contributed by atoms with Gasteiger partial charge in [0.05, 0.1) is 17.6 Å². The normalized spacial score (nSPS) is 15.2. The molecule has 0 radical (unpaired) electrons.